The lowest BCUT2D eigenvalue weighted by Crippen LogP contribution is -2.27. The van der Waals surface area contributed by atoms with Gasteiger partial charge in [-0.1, -0.05) is 39.5 Å². The van der Waals surface area contributed by atoms with E-state index in [-0.39, 0.29) is 0 Å². The van der Waals surface area contributed by atoms with E-state index >= 15 is 0 Å². The second-order valence-corrected chi connectivity index (χ2v) is 5.74. The molecule has 1 amide bonds. The van der Waals surface area contributed by atoms with Crippen LogP contribution in [-0.4, -0.2) is 30.4 Å². The van der Waals surface area contributed by atoms with Crippen LogP contribution in [0.4, 0.5) is 0 Å². The third-order valence-electron chi connectivity index (χ3n) is 3.59. The van der Waals surface area contributed by atoms with Crippen LogP contribution < -0.4 is 5.73 Å². The SMILES string of the molecule is CC(C)CCCCCCN1CC(CN)CC1=O. The van der Waals surface area contributed by atoms with Crippen molar-refractivity contribution in [3.05, 3.63) is 0 Å². The van der Waals surface area contributed by atoms with Crippen LogP contribution in [0.5, 0.6) is 0 Å². The molecule has 0 aromatic carbocycles. The first kappa shape index (κ1) is 14.5. The van der Waals surface area contributed by atoms with Gasteiger partial charge in [0.15, 0.2) is 0 Å². The van der Waals surface area contributed by atoms with E-state index in [1.807, 2.05) is 4.90 Å². The molecule has 1 heterocycles. The molecule has 1 saturated heterocycles. The van der Waals surface area contributed by atoms with Crippen LogP contribution in [0.15, 0.2) is 0 Å². The molecule has 1 aliphatic heterocycles. The molecule has 3 nitrogen and oxygen atoms in total. The summed E-state index contributed by atoms with van der Waals surface area (Å²) in [5.41, 5.74) is 5.60. The first-order valence-corrected chi connectivity index (χ1v) is 7.11. The molecule has 0 radical (unpaired) electrons. The zero-order chi connectivity index (χ0) is 12.7. The van der Waals surface area contributed by atoms with Gasteiger partial charge in [0.25, 0.3) is 0 Å². The van der Waals surface area contributed by atoms with Crippen LogP contribution in [0, 0.1) is 11.8 Å². The molecule has 100 valence electrons. The molecule has 2 N–H and O–H groups in total. The molecule has 1 rings (SSSR count). The first-order valence-electron chi connectivity index (χ1n) is 7.11. The number of hydrogen-bond acceptors (Lipinski definition) is 2. The predicted octanol–water partition coefficient (Wildman–Crippen LogP) is 2.40. The van der Waals surface area contributed by atoms with Crippen LogP contribution in [-0.2, 0) is 4.79 Å². The number of carbonyl (C=O) groups is 1. The highest BCUT2D eigenvalue weighted by molar-refractivity contribution is 5.78. The third-order valence-corrected chi connectivity index (χ3v) is 3.59. The van der Waals surface area contributed by atoms with Gasteiger partial charge in [-0.2, -0.15) is 0 Å². The fourth-order valence-corrected chi connectivity index (χ4v) is 2.44. The molecule has 0 aromatic rings. The summed E-state index contributed by atoms with van der Waals surface area (Å²) >= 11 is 0. The molecular weight excluding hydrogens is 212 g/mol. The van der Waals surface area contributed by atoms with Gasteiger partial charge in [-0.05, 0) is 24.8 Å². The summed E-state index contributed by atoms with van der Waals surface area (Å²) in [6.07, 6.45) is 7.05. The van der Waals surface area contributed by atoms with E-state index in [4.69, 9.17) is 5.73 Å². The van der Waals surface area contributed by atoms with Crippen LogP contribution in [0.3, 0.4) is 0 Å². The quantitative estimate of drug-likeness (QED) is 0.662. The summed E-state index contributed by atoms with van der Waals surface area (Å²) in [5.74, 6) is 1.53. The van der Waals surface area contributed by atoms with E-state index in [1.54, 1.807) is 0 Å². The smallest absolute Gasteiger partial charge is 0.222 e. The van der Waals surface area contributed by atoms with Gasteiger partial charge in [0, 0.05) is 19.5 Å². The minimum absolute atomic E-state index is 0.308. The predicted molar refractivity (Wildman–Crippen MR) is 71.7 cm³/mol. The normalized spacial score (nSPS) is 20.6. The number of nitrogens with two attached hydrogens (primary N) is 1. The van der Waals surface area contributed by atoms with E-state index in [1.165, 1.54) is 25.7 Å². The Morgan fingerprint density at radius 3 is 2.59 bits per heavy atom. The summed E-state index contributed by atoms with van der Waals surface area (Å²) < 4.78 is 0. The molecule has 0 saturated carbocycles. The molecule has 0 bridgehead atoms. The van der Waals surface area contributed by atoms with Crippen molar-refractivity contribution in [1.82, 2.24) is 4.90 Å². The van der Waals surface area contributed by atoms with Gasteiger partial charge >= 0.3 is 0 Å². The van der Waals surface area contributed by atoms with Crippen molar-refractivity contribution in [3.63, 3.8) is 0 Å². The van der Waals surface area contributed by atoms with E-state index in [9.17, 15) is 4.79 Å². The highest BCUT2D eigenvalue weighted by Gasteiger charge is 2.27. The van der Waals surface area contributed by atoms with E-state index in [2.05, 4.69) is 13.8 Å². The summed E-state index contributed by atoms with van der Waals surface area (Å²) in [6, 6.07) is 0. The van der Waals surface area contributed by atoms with Crippen molar-refractivity contribution in [2.75, 3.05) is 19.6 Å². The van der Waals surface area contributed by atoms with Crippen molar-refractivity contribution < 1.29 is 4.79 Å². The molecule has 1 fully saturated rings. The highest BCUT2D eigenvalue weighted by Crippen LogP contribution is 2.17. The van der Waals surface area contributed by atoms with Gasteiger partial charge in [-0.25, -0.2) is 0 Å². The fourth-order valence-electron chi connectivity index (χ4n) is 2.44. The topological polar surface area (TPSA) is 46.3 Å². The maximum Gasteiger partial charge on any atom is 0.222 e. The average Bonchev–Trinajstić information content (AvgIpc) is 2.64. The Bertz CT molecular complexity index is 228. The summed E-state index contributed by atoms with van der Waals surface area (Å²) in [6.45, 7) is 7.03. The lowest BCUT2D eigenvalue weighted by Gasteiger charge is -2.16. The van der Waals surface area contributed by atoms with E-state index in [0.29, 0.717) is 24.8 Å². The zero-order valence-electron chi connectivity index (χ0n) is 11.5. The molecule has 1 aliphatic rings. The van der Waals surface area contributed by atoms with Gasteiger partial charge in [0.05, 0.1) is 0 Å². The number of hydrogen-bond donors (Lipinski definition) is 1. The number of rotatable bonds is 8. The monoisotopic (exact) mass is 240 g/mol. The van der Waals surface area contributed by atoms with Crippen LogP contribution >= 0.6 is 0 Å². The van der Waals surface area contributed by atoms with Gasteiger partial charge < -0.3 is 10.6 Å². The zero-order valence-corrected chi connectivity index (χ0v) is 11.5. The molecule has 1 unspecified atom stereocenters. The summed E-state index contributed by atoms with van der Waals surface area (Å²) in [5, 5.41) is 0. The largest absolute Gasteiger partial charge is 0.342 e. The number of carbonyl (C=O) groups excluding carboxylic acids is 1. The van der Waals surface area contributed by atoms with E-state index in [0.717, 1.165) is 25.4 Å². The van der Waals surface area contributed by atoms with Crippen molar-refractivity contribution in [3.8, 4) is 0 Å². The molecule has 0 aromatic heterocycles. The fraction of sp³-hybridized carbons (Fsp3) is 0.929. The van der Waals surface area contributed by atoms with Crippen LogP contribution in [0.2, 0.25) is 0 Å². The van der Waals surface area contributed by atoms with Gasteiger partial charge in [-0.15, -0.1) is 0 Å². The maximum absolute atomic E-state index is 11.6. The molecule has 1 atom stereocenters. The Labute approximate surface area is 106 Å². The van der Waals surface area contributed by atoms with Crippen molar-refractivity contribution in [2.24, 2.45) is 17.6 Å². The lowest BCUT2D eigenvalue weighted by molar-refractivity contribution is -0.127. The second kappa shape index (κ2) is 7.70. The number of nitrogens with zero attached hydrogens (tertiary/aromatic N) is 1. The Kier molecular flexibility index (Phi) is 6.56. The number of amides is 1. The Morgan fingerprint density at radius 1 is 1.29 bits per heavy atom. The van der Waals surface area contributed by atoms with Crippen LogP contribution in [0.1, 0.15) is 52.4 Å². The Balaban J connectivity index is 2.01. The number of unbranched alkanes of at least 4 members (excludes halogenated alkanes) is 3. The average molecular weight is 240 g/mol. The highest BCUT2D eigenvalue weighted by atomic mass is 16.2. The minimum atomic E-state index is 0.308. The first-order chi connectivity index (χ1) is 8.13. The van der Waals surface area contributed by atoms with Crippen LogP contribution in [0.25, 0.3) is 0 Å². The summed E-state index contributed by atoms with van der Waals surface area (Å²) in [4.78, 5) is 13.6. The Morgan fingerprint density at radius 2 is 2.00 bits per heavy atom. The lowest BCUT2D eigenvalue weighted by atomic mass is 10.0. The molecule has 17 heavy (non-hydrogen) atoms. The molecular formula is C14H28N2O. The molecule has 0 aliphatic carbocycles. The van der Waals surface area contributed by atoms with Crippen molar-refractivity contribution in [2.45, 2.75) is 52.4 Å². The van der Waals surface area contributed by atoms with E-state index < -0.39 is 0 Å². The van der Waals surface area contributed by atoms with Gasteiger partial charge in [0.1, 0.15) is 0 Å². The number of likely N-dealkylation sites (tertiary alicyclic amines) is 1. The second-order valence-electron chi connectivity index (χ2n) is 5.74. The maximum atomic E-state index is 11.6. The Hall–Kier alpha value is -0.570. The van der Waals surface area contributed by atoms with Crippen molar-refractivity contribution >= 4 is 5.91 Å². The molecule has 3 heteroatoms. The standard InChI is InChI=1S/C14H28N2O/c1-12(2)7-5-3-4-6-8-16-11-13(10-15)9-14(16)17/h12-13H,3-11,15H2,1-2H3. The molecule has 0 spiro atoms. The van der Waals surface area contributed by atoms with Gasteiger partial charge in [0.2, 0.25) is 5.91 Å². The van der Waals surface area contributed by atoms with Gasteiger partial charge in [-0.3, -0.25) is 4.79 Å². The van der Waals surface area contributed by atoms with Crippen molar-refractivity contribution in [1.29, 1.82) is 0 Å². The third kappa shape index (κ3) is 5.53. The minimum Gasteiger partial charge on any atom is -0.342 e. The summed E-state index contributed by atoms with van der Waals surface area (Å²) in [7, 11) is 0.